The summed E-state index contributed by atoms with van der Waals surface area (Å²) < 4.78 is 31.8. The number of para-hydroxylation sites is 1. The molecule has 8 heteroatoms. The molecule has 0 spiro atoms. The van der Waals surface area contributed by atoms with E-state index in [1.807, 2.05) is 0 Å². The van der Waals surface area contributed by atoms with Gasteiger partial charge in [0.15, 0.2) is 0 Å². The fourth-order valence-electron chi connectivity index (χ4n) is 2.22. The van der Waals surface area contributed by atoms with Gasteiger partial charge in [-0.15, -0.1) is 0 Å². The van der Waals surface area contributed by atoms with E-state index in [0.717, 1.165) is 0 Å². The maximum Gasteiger partial charge on any atom is 0.343 e. The largest absolute Gasteiger partial charge is 0.421 e. The van der Waals surface area contributed by atoms with E-state index in [0.29, 0.717) is 13.1 Å². The van der Waals surface area contributed by atoms with E-state index in [9.17, 15) is 13.2 Å². The maximum atomic E-state index is 12.7. The average Bonchev–Trinajstić information content (AvgIpc) is 2.58. The summed E-state index contributed by atoms with van der Waals surface area (Å²) in [5, 5.41) is 0.321. The van der Waals surface area contributed by atoms with Crippen molar-refractivity contribution in [2.75, 3.05) is 13.1 Å². The first-order chi connectivity index (χ1) is 11.8. The predicted octanol–water partition coefficient (Wildman–Crippen LogP) is 4.24. The monoisotopic (exact) mass is 401 g/mol. The minimum atomic E-state index is -3.80. The Hall–Kier alpha value is -1.60. The number of nitrogens with zero attached hydrogens (tertiary/aromatic N) is 1. The van der Waals surface area contributed by atoms with Gasteiger partial charge in [-0.1, -0.05) is 49.2 Å². The second-order valence-corrected chi connectivity index (χ2v) is 7.78. The van der Waals surface area contributed by atoms with Crippen LogP contribution in [0.15, 0.2) is 47.4 Å². The van der Waals surface area contributed by atoms with Crippen molar-refractivity contribution in [3.8, 4) is 5.75 Å². The third-order valence-corrected chi connectivity index (χ3v) is 6.37. The van der Waals surface area contributed by atoms with E-state index >= 15 is 0 Å². The highest BCUT2D eigenvalue weighted by Crippen LogP contribution is 2.28. The molecule has 2 aromatic carbocycles. The molecule has 0 N–H and O–H groups in total. The normalized spacial score (nSPS) is 11.6. The molecule has 0 fully saturated rings. The number of sulfonamides is 1. The van der Waals surface area contributed by atoms with E-state index in [2.05, 4.69) is 0 Å². The highest BCUT2D eigenvalue weighted by Gasteiger charge is 2.26. The quantitative estimate of drug-likeness (QED) is 0.536. The number of hydrogen-bond acceptors (Lipinski definition) is 4. The van der Waals surface area contributed by atoms with Crippen molar-refractivity contribution in [2.45, 2.75) is 18.7 Å². The van der Waals surface area contributed by atoms with Crippen molar-refractivity contribution in [2.24, 2.45) is 0 Å². The first-order valence-electron chi connectivity index (χ1n) is 7.57. The topological polar surface area (TPSA) is 63.7 Å². The summed E-state index contributed by atoms with van der Waals surface area (Å²) in [4.78, 5) is 12.2. The molecule has 0 bridgehead atoms. The van der Waals surface area contributed by atoms with Gasteiger partial charge in [-0.3, -0.25) is 0 Å². The Morgan fingerprint density at radius 2 is 1.68 bits per heavy atom. The summed E-state index contributed by atoms with van der Waals surface area (Å²) in [6.07, 6.45) is 0. The Labute approximate surface area is 157 Å². The third-order valence-electron chi connectivity index (χ3n) is 3.53. The van der Waals surface area contributed by atoms with Crippen LogP contribution in [0.4, 0.5) is 0 Å². The molecule has 0 aliphatic rings. The zero-order valence-electron chi connectivity index (χ0n) is 13.7. The molecule has 2 aromatic rings. The molecule has 5 nitrogen and oxygen atoms in total. The van der Waals surface area contributed by atoms with Gasteiger partial charge in [0.1, 0.15) is 10.6 Å². The molecule has 0 amide bonds. The lowest BCUT2D eigenvalue weighted by molar-refractivity contribution is 0.0734. The molecule has 0 atom stereocenters. The molecule has 134 valence electrons. The molecule has 0 aliphatic carbocycles. The van der Waals surface area contributed by atoms with Crippen LogP contribution in [0.25, 0.3) is 0 Å². The Balaban J connectivity index is 2.39. The molecule has 0 radical (unpaired) electrons. The number of benzene rings is 2. The zero-order valence-corrected chi connectivity index (χ0v) is 16.0. The highest BCUT2D eigenvalue weighted by molar-refractivity contribution is 7.89. The standard InChI is InChI=1S/C17H17Cl2NO4S/c1-3-20(4-2)25(22,23)16-11-12(9-10-14(16)19)17(21)24-15-8-6-5-7-13(15)18/h5-11H,3-4H2,1-2H3. The number of ether oxygens (including phenoxy) is 1. The van der Waals surface area contributed by atoms with Crippen LogP contribution in [0.2, 0.25) is 10.0 Å². The lowest BCUT2D eigenvalue weighted by atomic mass is 10.2. The Morgan fingerprint density at radius 3 is 2.28 bits per heavy atom. The number of hydrogen-bond donors (Lipinski definition) is 0. The molecule has 0 saturated carbocycles. The smallest absolute Gasteiger partial charge is 0.343 e. The molecule has 2 rings (SSSR count). The van der Waals surface area contributed by atoms with Crippen LogP contribution in [0.5, 0.6) is 5.75 Å². The van der Waals surface area contributed by atoms with Crippen LogP contribution in [0.1, 0.15) is 24.2 Å². The van der Waals surface area contributed by atoms with Crippen LogP contribution in [-0.4, -0.2) is 31.8 Å². The maximum absolute atomic E-state index is 12.7. The van der Waals surface area contributed by atoms with Gasteiger partial charge in [0.05, 0.1) is 15.6 Å². The summed E-state index contributed by atoms with van der Waals surface area (Å²) in [5.74, 6) is -0.530. The summed E-state index contributed by atoms with van der Waals surface area (Å²) in [6, 6.07) is 10.5. The van der Waals surface area contributed by atoms with Crippen LogP contribution < -0.4 is 4.74 Å². The third kappa shape index (κ3) is 4.33. The zero-order chi connectivity index (χ0) is 18.6. The number of rotatable bonds is 6. The first kappa shape index (κ1) is 19.7. The molecular formula is C17H17Cl2NO4S. The van der Waals surface area contributed by atoms with E-state index in [4.69, 9.17) is 27.9 Å². The van der Waals surface area contributed by atoms with E-state index in [1.54, 1.807) is 38.1 Å². The van der Waals surface area contributed by atoms with Gasteiger partial charge < -0.3 is 4.74 Å². The van der Waals surface area contributed by atoms with E-state index in [-0.39, 0.29) is 26.3 Å². The molecule has 0 aliphatic heterocycles. The van der Waals surface area contributed by atoms with Gasteiger partial charge in [0.2, 0.25) is 10.0 Å². The van der Waals surface area contributed by atoms with Gasteiger partial charge in [0, 0.05) is 13.1 Å². The number of halogens is 2. The van der Waals surface area contributed by atoms with Crippen LogP contribution in [0, 0.1) is 0 Å². The van der Waals surface area contributed by atoms with Crippen molar-refractivity contribution in [1.82, 2.24) is 4.31 Å². The second kappa shape index (κ2) is 8.19. The van der Waals surface area contributed by atoms with E-state index in [1.165, 1.54) is 22.5 Å². The van der Waals surface area contributed by atoms with Crippen molar-refractivity contribution in [3.63, 3.8) is 0 Å². The van der Waals surface area contributed by atoms with Crippen LogP contribution in [0.3, 0.4) is 0 Å². The SMILES string of the molecule is CCN(CC)S(=O)(=O)c1cc(C(=O)Oc2ccccc2Cl)ccc1Cl. The molecular weight excluding hydrogens is 385 g/mol. The Kier molecular flexibility index (Phi) is 6.46. The second-order valence-electron chi connectivity index (χ2n) is 5.05. The van der Waals surface area contributed by atoms with E-state index < -0.39 is 16.0 Å². The summed E-state index contributed by atoms with van der Waals surface area (Å²) in [5.41, 5.74) is 0.0649. The lowest BCUT2D eigenvalue weighted by Gasteiger charge is -2.19. The van der Waals surface area contributed by atoms with Crippen molar-refractivity contribution in [3.05, 3.63) is 58.1 Å². The molecule has 25 heavy (non-hydrogen) atoms. The number of carbonyl (C=O) groups is 1. The minimum absolute atomic E-state index is 0.0428. The van der Waals surface area contributed by atoms with Crippen LogP contribution in [-0.2, 0) is 10.0 Å². The fourth-order valence-corrected chi connectivity index (χ4v) is 4.35. The molecule has 0 unspecified atom stereocenters. The molecule has 0 heterocycles. The Morgan fingerprint density at radius 1 is 1.04 bits per heavy atom. The van der Waals surface area contributed by atoms with Gasteiger partial charge in [0.25, 0.3) is 0 Å². The Bertz CT molecular complexity index is 880. The van der Waals surface area contributed by atoms with Gasteiger partial charge in [-0.2, -0.15) is 4.31 Å². The first-order valence-corrected chi connectivity index (χ1v) is 9.77. The number of esters is 1. The lowest BCUT2D eigenvalue weighted by Crippen LogP contribution is -2.31. The van der Waals surface area contributed by atoms with Crippen molar-refractivity contribution < 1.29 is 17.9 Å². The molecule has 0 aromatic heterocycles. The predicted molar refractivity (Wildman–Crippen MR) is 98.0 cm³/mol. The minimum Gasteiger partial charge on any atom is -0.421 e. The number of carbonyl (C=O) groups excluding carboxylic acids is 1. The fraction of sp³-hybridized carbons (Fsp3) is 0.235. The summed E-state index contributed by atoms with van der Waals surface area (Å²) in [6.45, 7) is 4.04. The summed E-state index contributed by atoms with van der Waals surface area (Å²) in [7, 11) is -3.80. The van der Waals surface area contributed by atoms with Crippen molar-refractivity contribution in [1.29, 1.82) is 0 Å². The molecule has 0 saturated heterocycles. The van der Waals surface area contributed by atoms with Gasteiger partial charge >= 0.3 is 5.97 Å². The highest BCUT2D eigenvalue weighted by atomic mass is 35.5. The average molecular weight is 402 g/mol. The van der Waals surface area contributed by atoms with Crippen molar-refractivity contribution >= 4 is 39.2 Å². The van der Waals surface area contributed by atoms with Gasteiger partial charge in [-0.25, -0.2) is 13.2 Å². The van der Waals surface area contributed by atoms with Crippen LogP contribution >= 0.6 is 23.2 Å². The van der Waals surface area contributed by atoms with Gasteiger partial charge in [-0.05, 0) is 30.3 Å². The summed E-state index contributed by atoms with van der Waals surface area (Å²) >= 11 is 12.0.